The number of ether oxygens (including phenoxy) is 2. The zero-order valence-corrected chi connectivity index (χ0v) is 12.2. The number of rotatable bonds is 6. The Bertz CT molecular complexity index is 387. The molecule has 5 heteroatoms. The van der Waals surface area contributed by atoms with Gasteiger partial charge in [0.25, 0.3) is 0 Å². The number of carbonyl (C=O) groups is 2. The molecule has 0 aliphatic carbocycles. The summed E-state index contributed by atoms with van der Waals surface area (Å²) < 4.78 is 10.3. The summed E-state index contributed by atoms with van der Waals surface area (Å²) in [5.74, 6) is -0.225. The number of carboxylic acids is 1. The van der Waals surface area contributed by atoms with E-state index in [0.29, 0.717) is 13.2 Å². The molecule has 0 saturated carbocycles. The van der Waals surface area contributed by atoms with Gasteiger partial charge in [0.05, 0.1) is 5.92 Å². The highest BCUT2D eigenvalue weighted by atomic mass is 16.6. The second kappa shape index (κ2) is 10.8. The number of hydrogen-bond acceptors (Lipinski definition) is 4. The molecule has 0 unspecified atom stereocenters. The van der Waals surface area contributed by atoms with Gasteiger partial charge >= 0.3 is 11.9 Å². The van der Waals surface area contributed by atoms with Crippen LogP contribution in [0.4, 0.5) is 0 Å². The molecule has 1 rings (SSSR count). The highest BCUT2D eigenvalue weighted by Crippen LogP contribution is 2.07. The number of para-hydroxylation sites is 1. The van der Waals surface area contributed by atoms with Gasteiger partial charge in [-0.1, -0.05) is 39.0 Å². The first-order valence-corrected chi connectivity index (χ1v) is 6.53. The topological polar surface area (TPSA) is 72.8 Å². The Morgan fingerprint density at radius 1 is 1.15 bits per heavy atom. The molecule has 0 aliphatic heterocycles. The lowest BCUT2D eigenvalue weighted by Crippen LogP contribution is -2.16. The summed E-state index contributed by atoms with van der Waals surface area (Å²) in [6, 6.07) is 9.45. The highest BCUT2D eigenvalue weighted by Gasteiger charge is 2.07. The number of benzene rings is 1. The van der Waals surface area contributed by atoms with Crippen LogP contribution < -0.4 is 4.74 Å². The molecule has 1 aromatic rings. The Morgan fingerprint density at radius 2 is 1.70 bits per heavy atom. The van der Waals surface area contributed by atoms with E-state index in [1.165, 1.54) is 0 Å². The van der Waals surface area contributed by atoms with Crippen molar-refractivity contribution in [3.8, 4) is 5.75 Å². The number of aliphatic carboxylic acids is 1. The molecule has 5 nitrogen and oxygen atoms in total. The predicted octanol–water partition coefficient (Wildman–Crippen LogP) is 2.75. The van der Waals surface area contributed by atoms with Crippen LogP contribution in [-0.2, 0) is 14.3 Å². The third-order valence-corrected chi connectivity index (χ3v) is 2.11. The molecule has 0 saturated heterocycles. The minimum absolute atomic E-state index is 0.0817. The second-order valence-electron chi connectivity index (χ2n) is 4.23. The fourth-order valence-corrected chi connectivity index (χ4v) is 0.985. The van der Waals surface area contributed by atoms with Crippen molar-refractivity contribution in [3.63, 3.8) is 0 Å². The third-order valence-electron chi connectivity index (χ3n) is 2.11. The summed E-state index contributed by atoms with van der Waals surface area (Å²) in [7, 11) is 0. The van der Waals surface area contributed by atoms with Crippen molar-refractivity contribution >= 4 is 11.9 Å². The third kappa shape index (κ3) is 9.94. The zero-order chi connectivity index (χ0) is 15.4. The Balaban J connectivity index is 0.000000621. The van der Waals surface area contributed by atoms with E-state index in [1.807, 2.05) is 30.3 Å². The predicted molar refractivity (Wildman–Crippen MR) is 75.7 cm³/mol. The molecule has 1 aromatic carbocycles. The first kappa shape index (κ1) is 18.0. The normalized spacial score (nSPS) is 9.40. The van der Waals surface area contributed by atoms with Crippen LogP contribution in [0.2, 0.25) is 0 Å². The van der Waals surface area contributed by atoms with Crippen molar-refractivity contribution in [1.29, 1.82) is 0 Å². The van der Waals surface area contributed by atoms with Crippen molar-refractivity contribution in [2.24, 2.45) is 5.92 Å². The molecule has 0 atom stereocenters. The van der Waals surface area contributed by atoms with Gasteiger partial charge in [-0.05, 0) is 12.1 Å². The monoisotopic (exact) mass is 282 g/mol. The molecule has 0 radical (unpaired) electrons. The smallest absolute Gasteiger partial charge is 0.308 e. The van der Waals surface area contributed by atoms with E-state index < -0.39 is 5.97 Å². The van der Waals surface area contributed by atoms with E-state index in [9.17, 15) is 9.59 Å². The average molecular weight is 282 g/mol. The van der Waals surface area contributed by atoms with Crippen LogP contribution in [0.3, 0.4) is 0 Å². The maximum Gasteiger partial charge on any atom is 0.308 e. The molecular formula is C15H22O5. The van der Waals surface area contributed by atoms with Gasteiger partial charge in [0.15, 0.2) is 0 Å². The summed E-state index contributed by atoms with van der Waals surface area (Å²) >= 11 is 0. The van der Waals surface area contributed by atoms with Crippen LogP contribution in [0.25, 0.3) is 0 Å². The zero-order valence-electron chi connectivity index (χ0n) is 12.2. The molecule has 0 fully saturated rings. The van der Waals surface area contributed by atoms with Crippen molar-refractivity contribution in [2.75, 3.05) is 13.2 Å². The summed E-state index contributed by atoms with van der Waals surface area (Å²) in [4.78, 5) is 20.4. The molecule has 1 N–H and O–H groups in total. The summed E-state index contributed by atoms with van der Waals surface area (Å²) in [5.41, 5.74) is 0. The quantitative estimate of drug-likeness (QED) is 0.641. The SMILES string of the molecule is CC(C)C(=O)OCCOc1ccccc1.CCC(=O)O. The van der Waals surface area contributed by atoms with Crippen molar-refractivity contribution < 1.29 is 24.2 Å². The number of carbonyl (C=O) groups excluding carboxylic acids is 1. The molecule has 0 bridgehead atoms. The van der Waals surface area contributed by atoms with Gasteiger partial charge in [-0.15, -0.1) is 0 Å². The van der Waals surface area contributed by atoms with Crippen molar-refractivity contribution in [1.82, 2.24) is 0 Å². The number of hydrogen-bond donors (Lipinski definition) is 1. The average Bonchev–Trinajstić information content (AvgIpc) is 2.45. The Morgan fingerprint density at radius 3 is 2.15 bits per heavy atom. The first-order valence-electron chi connectivity index (χ1n) is 6.53. The van der Waals surface area contributed by atoms with E-state index in [0.717, 1.165) is 5.75 Å². The second-order valence-corrected chi connectivity index (χ2v) is 4.23. The van der Waals surface area contributed by atoms with E-state index in [4.69, 9.17) is 14.6 Å². The van der Waals surface area contributed by atoms with Gasteiger partial charge in [0.2, 0.25) is 0 Å². The van der Waals surface area contributed by atoms with Gasteiger partial charge < -0.3 is 14.6 Å². The first-order chi connectivity index (χ1) is 9.47. The summed E-state index contributed by atoms with van der Waals surface area (Å²) in [6.45, 7) is 5.90. The highest BCUT2D eigenvalue weighted by molar-refractivity contribution is 5.71. The Hall–Kier alpha value is -2.04. The van der Waals surface area contributed by atoms with Crippen LogP contribution >= 0.6 is 0 Å². The molecule has 20 heavy (non-hydrogen) atoms. The molecule has 0 aromatic heterocycles. The lowest BCUT2D eigenvalue weighted by Gasteiger charge is -2.08. The van der Waals surface area contributed by atoms with E-state index in [1.54, 1.807) is 20.8 Å². The molecule has 112 valence electrons. The lowest BCUT2D eigenvalue weighted by molar-refractivity contribution is -0.148. The maximum atomic E-state index is 11.1. The van der Waals surface area contributed by atoms with E-state index in [2.05, 4.69) is 0 Å². The summed E-state index contributed by atoms with van der Waals surface area (Å²) in [6.07, 6.45) is 0.222. The van der Waals surface area contributed by atoms with Crippen molar-refractivity contribution in [3.05, 3.63) is 30.3 Å². The fourth-order valence-electron chi connectivity index (χ4n) is 0.985. The summed E-state index contributed by atoms with van der Waals surface area (Å²) in [5, 5.41) is 7.72. The van der Waals surface area contributed by atoms with Gasteiger partial charge in [0, 0.05) is 6.42 Å². The van der Waals surface area contributed by atoms with E-state index in [-0.39, 0.29) is 18.3 Å². The largest absolute Gasteiger partial charge is 0.490 e. The van der Waals surface area contributed by atoms with Gasteiger partial charge in [-0.3, -0.25) is 9.59 Å². The maximum absolute atomic E-state index is 11.1. The number of carboxylic acid groups (broad SMARTS) is 1. The molecular weight excluding hydrogens is 260 g/mol. The van der Waals surface area contributed by atoms with Crippen LogP contribution in [0, 0.1) is 5.92 Å². The minimum atomic E-state index is -0.745. The standard InChI is InChI=1S/C12H16O3.C3H6O2/c1-10(2)12(13)15-9-8-14-11-6-4-3-5-7-11;1-2-3(4)5/h3-7,10H,8-9H2,1-2H3;2H2,1H3,(H,4,5). The molecule has 0 amide bonds. The van der Waals surface area contributed by atoms with Gasteiger partial charge in [0.1, 0.15) is 19.0 Å². The Labute approximate surface area is 119 Å². The molecule has 0 spiro atoms. The molecule has 0 aliphatic rings. The Kier molecular flexibility index (Phi) is 9.74. The van der Waals surface area contributed by atoms with Crippen LogP contribution in [0.5, 0.6) is 5.75 Å². The minimum Gasteiger partial charge on any atom is -0.490 e. The van der Waals surface area contributed by atoms with Crippen LogP contribution in [-0.4, -0.2) is 30.3 Å². The fraction of sp³-hybridized carbons (Fsp3) is 0.467. The van der Waals surface area contributed by atoms with Crippen LogP contribution in [0.15, 0.2) is 30.3 Å². The van der Waals surface area contributed by atoms with E-state index >= 15 is 0 Å². The van der Waals surface area contributed by atoms with Gasteiger partial charge in [-0.2, -0.15) is 0 Å². The number of esters is 1. The van der Waals surface area contributed by atoms with Gasteiger partial charge in [-0.25, -0.2) is 0 Å². The van der Waals surface area contributed by atoms with Crippen molar-refractivity contribution in [2.45, 2.75) is 27.2 Å². The molecule has 0 heterocycles. The van der Waals surface area contributed by atoms with Crippen LogP contribution in [0.1, 0.15) is 27.2 Å². The lowest BCUT2D eigenvalue weighted by atomic mass is 10.2.